The molecule has 4 aromatic rings. The number of hydrogen-bond donors (Lipinski definition) is 2. The van der Waals surface area contributed by atoms with Crippen LogP contribution < -0.4 is 20.4 Å². The van der Waals surface area contributed by atoms with Crippen molar-refractivity contribution in [2.45, 2.75) is 87.9 Å². The summed E-state index contributed by atoms with van der Waals surface area (Å²) in [5, 5.41) is 7.37. The van der Waals surface area contributed by atoms with Gasteiger partial charge in [-0.3, -0.25) is 0 Å². The molecule has 2 N–H and O–H groups in total. The molecular weight excluding hydrogens is 589 g/mol. The summed E-state index contributed by atoms with van der Waals surface area (Å²) in [7, 11) is 0. The summed E-state index contributed by atoms with van der Waals surface area (Å²) in [4.78, 5) is 10.8. The largest absolute Gasteiger partial charge is 0.367 e. The summed E-state index contributed by atoms with van der Waals surface area (Å²) < 4.78 is 0. The standard InChI is InChI=1S/C42H44N6/c1-41(2)27-13-5-9-17-31(27)47(32-18-10-6-14-28(32)41)37-25-35-36(46-24-22-44-40(46)39-43-21-23-45(35)39)26-38(37)48-33-19-11-7-15-29(33)42(3,4)30-16-8-12-20-34(30)48/h5-24,35-40,43-44H,25-26H2,1-4H3. The Balaban J connectivity index is 1.21. The predicted molar refractivity (Wildman–Crippen MR) is 194 cm³/mol. The van der Waals surface area contributed by atoms with Crippen LogP contribution in [0.25, 0.3) is 0 Å². The Bertz CT molecular complexity index is 1750. The third-order valence-electron chi connectivity index (χ3n) is 12.6. The maximum atomic E-state index is 3.69. The van der Waals surface area contributed by atoms with Crippen molar-refractivity contribution in [1.82, 2.24) is 20.4 Å². The number of fused-ring (bicyclic) bond motifs is 10. The molecule has 6 atom stereocenters. The van der Waals surface area contributed by atoms with Crippen LogP contribution in [-0.2, 0) is 10.8 Å². The second-order valence-electron chi connectivity index (χ2n) is 15.5. The molecule has 6 heteroatoms. The molecule has 10 rings (SSSR count). The van der Waals surface area contributed by atoms with Crippen LogP contribution in [0.4, 0.5) is 22.7 Å². The molecule has 242 valence electrons. The summed E-state index contributed by atoms with van der Waals surface area (Å²) >= 11 is 0. The van der Waals surface area contributed by atoms with Crippen LogP contribution in [-0.4, -0.2) is 46.3 Å². The summed E-state index contributed by atoms with van der Waals surface area (Å²) in [6.45, 7) is 9.59. The monoisotopic (exact) mass is 632 g/mol. The van der Waals surface area contributed by atoms with Gasteiger partial charge in [0.1, 0.15) is 12.3 Å². The molecule has 0 spiro atoms. The fourth-order valence-electron chi connectivity index (χ4n) is 10.4. The lowest BCUT2D eigenvalue weighted by Gasteiger charge is -2.60. The number of nitrogens with zero attached hydrogens (tertiary/aromatic N) is 4. The van der Waals surface area contributed by atoms with Gasteiger partial charge in [-0.15, -0.1) is 0 Å². The van der Waals surface area contributed by atoms with E-state index in [1.54, 1.807) is 0 Å². The SMILES string of the molecule is CC1(C)c2ccccc2N(C2CC3C(CC2N2c4ccccc4C(C)(C)c4ccccc42)N2C=CNC2C2NC=CN32)c2ccccc21. The topological polar surface area (TPSA) is 37.0 Å². The van der Waals surface area contributed by atoms with E-state index in [0.717, 1.165) is 12.8 Å². The normalized spacial score (nSPS) is 29.4. The van der Waals surface area contributed by atoms with E-state index in [9.17, 15) is 0 Å². The molecule has 0 amide bonds. The minimum Gasteiger partial charge on any atom is -0.367 e. The molecule has 1 saturated carbocycles. The molecule has 0 bridgehead atoms. The maximum Gasteiger partial charge on any atom is 0.139 e. The first-order chi connectivity index (χ1) is 23.4. The number of benzene rings is 4. The van der Waals surface area contributed by atoms with Crippen LogP contribution in [0.3, 0.4) is 0 Å². The molecule has 6 unspecified atom stereocenters. The van der Waals surface area contributed by atoms with Gasteiger partial charge in [-0.25, -0.2) is 0 Å². The Labute approximate surface area is 284 Å². The number of para-hydroxylation sites is 4. The van der Waals surface area contributed by atoms with Gasteiger partial charge in [0.05, 0.1) is 24.2 Å². The second kappa shape index (κ2) is 9.85. The van der Waals surface area contributed by atoms with E-state index in [1.165, 1.54) is 45.0 Å². The second-order valence-corrected chi connectivity index (χ2v) is 15.5. The van der Waals surface area contributed by atoms with Gasteiger partial charge in [0, 0.05) is 58.4 Å². The minimum atomic E-state index is -0.0957. The molecule has 6 aliphatic rings. The smallest absolute Gasteiger partial charge is 0.139 e. The van der Waals surface area contributed by atoms with Crippen molar-refractivity contribution in [3.63, 3.8) is 0 Å². The molecule has 4 aromatic carbocycles. The first-order valence-corrected chi connectivity index (χ1v) is 17.7. The van der Waals surface area contributed by atoms with Crippen LogP contribution in [0.2, 0.25) is 0 Å². The fourth-order valence-corrected chi connectivity index (χ4v) is 10.4. The van der Waals surface area contributed by atoms with Gasteiger partial charge in [0.15, 0.2) is 0 Å². The molecule has 6 nitrogen and oxygen atoms in total. The van der Waals surface area contributed by atoms with Gasteiger partial charge in [0.25, 0.3) is 0 Å². The number of anilines is 4. The zero-order chi connectivity index (χ0) is 32.4. The van der Waals surface area contributed by atoms with Crippen LogP contribution in [0, 0.1) is 0 Å². The fraction of sp³-hybridized carbons (Fsp3) is 0.333. The summed E-state index contributed by atoms with van der Waals surface area (Å²) in [5.74, 6) is 0. The summed E-state index contributed by atoms with van der Waals surface area (Å²) in [6, 6.07) is 37.9. The average Bonchev–Trinajstić information content (AvgIpc) is 3.80. The highest BCUT2D eigenvalue weighted by Crippen LogP contribution is 2.56. The van der Waals surface area contributed by atoms with Crippen molar-refractivity contribution < 1.29 is 0 Å². The van der Waals surface area contributed by atoms with Gasteiger partial charge < -0.3 is 30.2 Å². The molecule has 1 saturated heterocycles. The van der Waals surface area contributed by atoms with Crippen LogP contribution in [0.5, 0.6) is 0 Å². The highest BCUT2D eigenvalue weighted by atomic mass is 15.5. The Morgan fingerprint density at radius 2 is 0.771 bits per heavy atom. The van der Waals surface area contributed by atoms with Gasteiger partial charge in [-0.05, 0) is 59.4 Å². The zero-order valence-electron chi connectivity index (χ0n) is 28.2. The quantitative estimate of drug-likeness (QED) is 0.237. The van der Waals surface area contributed by atoms with Crippen molar-refractivity contribution in [2.24, 2.45) is 0 Å². The molecule has 0 aromatic heterocycles. The average molecular weight is 633 g/mol. The van der Waals surface area contributed by atoms with E-state index >= 15 is 0 Å². The van der Waals surface area contributed by atoms with Crippen molar-refractivity contribution in [1.29, 1.82) is 0 Å². The molecule has 2 fully saturated rings. The van der Waals surface area contributed by atoms with Crippen LogP contribution >= 0.6 is 0 Å². The molecule has 48 heavy (non-hydrogen) atoms. The molecule has 5 aliphatic heterocycles. The summed E-state index contributed by atoms with van der Waals surface area (Å²) in [5.41, 5.74) is 10.8. The van der Waals surface area contributed by atoms with E-state index in [4.69, 9.17) is 0 Å². The van der Waals surface area contributed by atoms with Crippen molar-refractivity contribution >= 4 is 22.7 Å². The van der Waals surface area contributed by atoms with Gasteiger partial charge >= 0.3 is 0 Å². The molecule has 1 aliphatic carbocycles. The number of piperazine rings is 1. The van der Waals surface area contributed by atoms with E-state index in [0.29, 0.717) is 12.1 Å². The predicted octanol–water partition coefficient (Wildman–Crippen LogP) is 7.63. The third-order valence-corrected chi connectivity index (χ3v) is 12.6. The molecule has 0 radical (unpaired) electrons. The molecular formula is C42H44N6. The van der Waals surface area contributed by atoms with E-state index in [-0.39, 0.29) is 35.2 Å². The van der Waals surface area contributed by atoms with Gasteiger partial charge in [-0.2, -0.15) is 0 Å². The highest BCUT2D eigenvalue weighted by molar-refractivity contribution is 5.82. The third kappa shape index (κ3) is 3.63. The number of hydrogen-bond acceptors (Lipinski definition) is 6. The molecule has 5 heterocycles. The lowest BCUT2D eigenvalue weighted by molar-refractivity contribution is -0.0357. The lowest BCUT2D eigenvalue weighted by atomic mass is 9.70. The first kappa shape index (κ1) is 28.2. The Morgan fingerprint density at radius 3 is 1.10 bits per heavy atom. The Hall–Kier alpha value is -4.84. The zero-order valence-corrected chi connectivity index (χ0v) is 28.2. The summed E-state index contributed by atoms with van der Waals surface area (Å²) in [6.07, 6.45) is 11.4. The van der Waals surface area contributed by atoms with Crippen molar-refractivity contribution in [3.05, 3.63) is 144 Å². The Kier molecular flexibility index (Phi) is 5.79. The van der Waals surface area contributed by atoms with Crippen LogP contribution in [0.1, 0.15) is 62.8 Å². The van der Waals surface area contributed by atoms with Gasteiger partial charge in [0.2, 0.25) is 0 Å². The number of rotatable bonds is 2. The number of nitrogens with one attached hydrogen (secondary N) is 2. The van der Waals surface area contributed by atoms with Crippen LogP contribution in [0.15, 0.2) is 122 Å². The van der Waals surface area contributed by atoms with Crippen molar-refractivity contribution in [3.8, 4) is 0 Å². The van der Waals surface area contributed by atoms with Gasteiger partial charge in [-0.1, -0.05) is 100 Å². The van der Waals surface area contributed by atoms with E-state index in [2.05, 4.69) is 180 Å². The minimum absolute atomic E-state index is 0.0957. The lowest BCUT2D eigenvalue weighted by Crippen LogP contribution is -2.73. The Morgan fingerprint density at radius 1 is 0.458 bits per heavy atom. The van der Waals surface area contributed by atoms with E-state index < -0.39 is 0 Å². The first-order valence-electron chi connectivity index (χ1n) is 17.7. The van der Waals surface area contributed by atoms with E-state index in [1.807, 2.05) is 0 Å². The maximum absolute atomic E-state index is 3.69. The highest BCUT2D eigenvalue weighted by Gasteiger charge is 2.56. The van der Waals surface area contributed by atoms with Crippen molar-refractivity contribution in [2.75, 3.05) is 9.80 Å².